The summed E-state index contributed by atoms with van der Waals surface area (Å²) in [5.41, 5.74) is 7.59. The Bertz CT molecular complexity index is 847. The minimum atomic E-state index is 0.668. The van der Waals surface area contributed by atoms with Gasteiger partial charge in [-0.2, -0.15) is 10.2 Å². The standard InChI is InChI=1S/C18H18N4/c1-12-8-9-15(10-13(12)2)14(3)20-22-18-17-7-5-4-6-16(17)11-19-21-18/h4-11H,1-3H3,(H,21,22). The number of anilines is 1. The summed E-state index contributed by atoms with van der Waals surface area (Å²) in [5.74, 6) is 0.668. The molecule has 1 N–H and O–H groups in total. The number of nitrogens with one attached hydrogen (secondary N) is 1. The zero-order valence-electron chi connectivity index (χ0n) is 13.0. The summed E-state index contributed by atoms with van der Waals surface area (Å²) in [6.45, 7) is 6.20. The molecule has 0 spiro atoms. The van der Waals surface area contributed by atoms with Crippen LogP contribution in [-0.4, -0.2) is 15.9 Å². The predicted octanol–water partition coefficient (Wildman–Crippen LogP) is 4.08. The molecule has 0 aliphatic heterocycles. The minimum Gasteiger partial charge on any atom is -0.259 e. The molecule has 2 aromatic carbocycles. The largest absolute Gasteiger partial charge is 0.259 e. The molecule has 0 radical (unpaired) electrons. The molecule has 0 saturated carbocycles. The van der Waals surface area contributed by atoms with E-state index in [2.05, 4.69) is 52.8 Å². The number of aromatic nitrogens is 2. The fourth-order valence-electron chi connectivity index (χ4n) is 2.28. The van der Waals surface area contributed by atoms with Gasteiger partial charge in [-0.25, -0.2) is 0 Å². The number of hydrazone groups is 1. The Balaban J connectivity index is 1.90. The van der Waals surface area contributed by atoms with E-state index in [1.165, 1.54) is 11.1 Å². The third-order valence-electron chi connectivity index (χ3n) is 3.82. The van der Waals surface area contributed by atoms with Crippen molar-refractivity contribution in [3.63, 3.8) is 0 Å². The first-order valence-corrected chi connectivity index (χ1v) is 7.23. The monoisotopic (exact) mass is 290 g/mol. The molecule has 1 heterocycles. The minimum absolute atomic E-state index is 0.668. The Morgan fingerprint density at radius 3 is 2.68 bits per heavy atom. The quantitative estimate of drug-likeness (QED) is 0.584. The summed E-state index contributed by atoms with van der Waals surface area (Å²) in [6, 6.07) is 14.3. The predicted molar refractivity (Wildman–Crippen MR) is 91.3 cm³/mol. The van der Waals surface area contributed by atoms with E-state index in [-0.39, 0.29) is 0 Å². The Kier molecular flexibility index (Phi) is 3.83. The first-order valence-electron chi connectivity index (χ1n) is 7.23. The molecule has 0 aliphatic carbocycles. The average Bonchev–Trinajstić information content (AvgIpc) is 2.55. The molecule has 4 heteroatoms. The Morgan fingerprint density at radius 2 is 1.86 bits per heavy atom. The normalized spacial score (nSPS) is 11.7. The molecule has 3 rings (SSSR count). The molecule has 0 atom stereocenters. The van der Waals surface area contributed by atoms with Crippen LogP contribution in [0.3, 0.4) is 0 Å². The summed E-state index contributed by atoms with van der Waals surface area (Å²) < 4.78 is 0. The smallest absolute Gasteiger partial charge is 0.176 e. The summed E-state index contributed by atoms with van der Waals surface area (Å²) in [7, 11) is 0. The van der Waals surface area contributed by atoms with Gasteiger partial charge in [-0.3, -0.25) is 5.43 Å². The molecule has 0 aliphatic rings. The van der Waals surface area contributed by atoms with Crippen LogP contribution >= 0.6 is 0 Å². The fourth-order valence-corrected chi connectivity index (χ4v) is 2.28. The third-order valence-corrected chi connectivity index (χ3v) is 3.82. The van der Waals surface area contributed by atoms with Gasteiger partial charge >= 0.3 is 0 Å². The molecular formula is C18H18N4. The van der Waals surface area contributed by atoms with Gasteiger partial charge in [0.05, 0.1) is 11.9 Å². The van der Waals surface area contributed by atoms with Gasteiger partial charge < -0.3 is 0 Å². The van der Waals surface area contributed by atoms with Gasteiger partial charge in [0.25, 0.3) is 0 Å². The van der Waals surface area contributed by atoms with Gasteiger partial charge in [-0.15, -0.1) is 5.10 Å². The second-order valence-electron chi connectivity index (χ2n) is 5.39. The third kappa shape index (κ3) is 2.81. The first kappa shape index (κ1) is 14.2. The molecule has 3 aromatic rings. The summed E-state index contributed by atoms with van der Waals surface area (Å²) in [5, 5.41) is 14.6. The van der Waals surface area contributed by atoms with E-state index in [1.54, 1.807) is 6.20 Å². The summed E-state index contributed by atoms with van der Waals surface area (Å²) >= 11 is 0. The van der Waals surface area contributed by atoms with Crippen molar-refractivity contribution in [2.45, 2.75) is 20.8 Å². The van der Waals surface area contributed by atoms with Gasteiger partial charge in [-0.05, 0) is 43.5 Å². The van der Waals surface area contributed by atoms with E-state index in [9.17, 15) is 0 Å². The number of rotatable bonds is 3. The van der Waals surface area contributed by atoms with Crippen molar-refractivity contribution in [2.24, 2.45) is 5.10 Å². The van der Waals surface area contributed by atoms with Crippen molar-refractivity contribution in [1.29, 1.82) is 0 Å². The van der Waals surface area contributed by atoms with Gasteiger partial charge in [0.15, 0.2) is 5.82 Å². The van der Waals surface area contributed by atoms with Crippen LogP contribution in [0, 0.1) is 13.8 Å². The molecule has 110 valence electrons. The number of hydrogen-bond donors (Lipinski definition) is 1. The number of fused-ring (bicyclic) bond motifs is 1. The fraction of sp³-hybridized carbons (Fsp3) is 0.167. The lowest BCUT2D eigenvalue weighted by atomic mass is 10.0. The summed E-state index contributed by atoms with van der Waals surface area (Å²) in [6.07, 6.45) is 1.75. The maximum absolute atomic E-state index is 4.45. The SMILES string of the molecule is CC(=NNc1nncc2ccccc12)c1ccc(C)c(C)c1. The zero-order valence-corrected chi connectivity index (χ0v) is 13.0. The van der Waals surface area contributed by atoms with E-state index in [4.69, 9.17) is 0 Å². The maximum Gasteiger partial charge on any atom is 0.176 e. The van der Waals surface area contributed by atoms with Gasteiger partial charge in [0.1, 0.15) is 0 Å². The molecule has 4 nitrogen and oxygen atoms in total. The van der Waals surface area contributed by atoms with Gasteiger partial charge in [0, 0.05) is 10.8 Å². The van der Waals surface area contributed by atoms with Crippen molar-refractivity contribution < 1.29 is 0 Å². The topological polar surface area (TPSA) is 50.2 Å². The van der Waals surface area contributed by atoms with E-state index in [0.717, 1.165) is 22.0 Å². The molecule has 0 bridgehead atoms. The number of nitrogens with zero attached hydrogens (tertiary/aromatic N) is 3. The van der Waals surface area contributed by atoms with Gasteiger partial charge in [-0.1, -0.05) is 36.4 Å². The Labute approximate surface area is 129 Å². The van der Waals surface area contributed by atoms with E-state index < -0.39 is 0 Å². The van der Waals surface area contributed by atoms with Crippen molar-refractivity contribution in [1.82, 2.24) is 10.2 Å². The molecular weight excluding hydrogens is 272 g/mol. The Morgan fingerprint density at radius 1 is 1.05 bits per heavy atom. The number of aryl methyl sites for hydroxylation is 2. The van der Waals surface area contributed by atoms with Crippen LogP contribution in [0.15, 0.2) is 53.8 Å². The van der Waals surface area contributed by atoms with Crippen molar-refractivity contribution in [2.75, 3.05) is 5.43 Å². The van der Waals surface area contributed by atoms with Crippen molar-refractivity contribution in [3.8, 4) is 0 Å². The molecule has 0 saturated heterocycles. The van der Waals surface area contributed by atoms with Crippen LogP contribution in [0.5, 0.6) is 0 Å². The van der Waals surface area contributed by atoms with Crippen LogP contribution in [0.2, 0.25) is 0 Å². The average molecular weight is 290 g/mol. The van der Waals surface area contributed by atoms with Gasteiger partial charge in [0.2, 0.25) is 0 Å². The van der Waals surface area contributed by atoms with E-state index in [1.807, 2.05) is 31.2 Å². The molecule has 0 unspecified atom stereocenters. The lowest BCUT2D eigenvalue weighted by Crippen LogP contribution is -2.02. The van der Waals surface area contributed by atoms with Crippen LogP contribution < -0.4 is 5.43 Å². The number of hydrogen-bond acceptors (Lipinski definition) is 4. The lowest BCUT2D eigenvalue weighted by molar-refractivity contribution is 1.04. The highest BCUT2D eigenvalue weighted by Crippen LogP contribution is 2.19. The lowest BCUT2D eigenvalue weighted by Gasteiger charge is -2.07. The molecule has 22 heavy (non-hydrogen) atoms. The van der Waals surface area contributed by atoms with Crippen molar-refractivity contribution in [3.05, 3.63) is 65.4 Å². The maximum atomic E-state index is 4.45. The van der Waals surface area contributed by atoms with Crippen LogP contribution in [-0.2, 0) is 0 Å². The van der Waals surface area contributed by atoms with Crippen LogP contribution in [0.25, 0.3) is 10.8 Å². The van der Waals surface area contributed by atoms with E-state index >= 15 is 0 Å². The molecule has 0 fully saturated rings. The molecule has 0 amide bonds. The second-order valence-corrected chi connectivity index (χ2v) is 5.39. The molecule has 1 aromatic heterocycles. The highest BCUT2D eigenvalue weighted by molar-refractivity contribution is 6.00. The highest BCUT2D eigenvalue weighted by Gasteiger charge is 2.03. The van der Waals surface area contributed by atoms with Crippen LogP contribution in [0.1, 0.15) is 23.6 Å². The number of benzene rings is 2. The second kappa shape index (κ2) is 5.93. The van der Waals surface area contributed by atoms with Crippen LogP contribution in [0.4, 0.5) is 5.82 Å². The van der Waals surface area contributed by atoms with E-state index in [0.29, 0.717) is 5.82 Å². The van der Waals surface area contributed by atoms with Crippen molar-refractivity contribution >= 4 is 22.3 Å². The Hall–Kier alpha value is -2.75. The first-order chi connectivity index (χ1) is 10.6. The highest BCUT2D eigenvalue weighted by atomic mass is 15.3. The zero-order chi connectivity index (χ0) is 15.5. The summed E-state index contributed by atoms with van der Waals surface area (Å²) in [4.78, 5) is 0.